The second-order valence-electron chi connectivity index (χ2n) is 4.95. The molecule has 0 bridgehead atoms. The molecular formula is C16H13N5O. The van der Waals surface area contributed by atoms with Crippen molar-refractivity contribution in [2.45, 2.75) is 6.42 Å². The monoisotopic (exact) mass is 291 g/mol. The van der Waals surface area contributed by atoms with Gasteiger partial charge in [-0.05, 0) is 17.7 Å². The number of aromatic nitrogens is 4. The third kappa shape index (κ3) is 2.20. The molecule has 3 aromatic heterocycles. The van der Waals surface area contributed by atoms with Gasteiger partial charge in [-0.1, -0.05) is 30.3 Å². The van der Waals surface area contributed by atoms with E-state index in [1.165, 1.54) is 5.56 Å². The Morgan fingerprint density at radius 1 is 1.05 bits per heavy atom. The Kier molecular flexibility index (Phi) is 2.86. The van der Waals surface area contributed by atoms with E-state index in [-0.39, 0.29) is 5.95 Å². The minimum absolute atomic E-state index is 0.288. The summed E-state index contributed by atoms with van der Waals surface area (Å²) >= 11 is 0. The van der Waals surface area contributed by atoms with Crippen molar-refractivity contribution in [2.75, 3.05) is 5.73 Å². The fourth-order valence-corrected chi connectivity index (χ4v) is 2.36. The minimum atomic E-state index is 0.288. The fourth-order valence-electron chi connectivity index (χ4n) is 2.36. The normalized spacial score (nSPS) is 11.1. The molecule has 22 heavy (non-hydrogen) atoms. The van der Waals surface area contributed by atoms with Crippen LogP contribution in [0.2, 0.25) is 0 Å². The Morgan fingerprint density at radius 3 is 2.68 bits per heavy atom. The maximum atomic E-state index is 5.98. The zero-order chi connectivity index (χ0) is 14.9. The summed E-state index contributed by atoms with van der Waals surface area (Å²) in [6.07, 6.45) is 2.30. The van der Waals surface area contributed by atoms with E-state index in [1.807, 2.05) is 24.3 Å². The van der Waals surface area contributed by atoms with Crippen molar-refractivity contribution >= 4 is 11.6 Å². The van der Waals surface area contributed by atoms with Crippen LogP contribution in [0, 0.1) is 0 Å². The number of anilines is 1. The molecule has 1 aromatic carbocycles. The van der Waals surface area contributed by atoms with Crippen LogP contribution in [0.15, 0.2) is 59.2 Å². The summed E-state index contributed by atoms with van der Waals surface area (Å²) in [6, 6.07) is 15.6. The van der Waals surface area contributed by atoms with Gasteiger partial charge >= 0.3 is 0 Å². The van der Waals surface area contributed by atoms with Crippen LogP contribution in [-0.2, 0) is 6.42 Å². The Morgan fingerprint density at radius 2 is 1.91 bits per heavy atom. The molecule has 0 amide bonds. The number of hydrogen-bond donors (Lipinski definition) is 1. The first kappa shape index (κ1) is 12.6. The lowest BCUT2D eigenvalue weighted by molar-refractivity contribution is 0.577. The molecule has 0 radical (unpaired) electrons. The molecule has 0 aliphatic carbocycles. The first-order valence-electron chi connectivity index (χ1n) is 6.89. The zero-order valence-electron chi connectivity index (χ0n) is 11.7. The highest BCUT2D eigenvalue weighted by Gasteiger charge is 2.12. The van der Waals surface area contributed by atoms with E-state index >= 15 is 0 Å². The number of rotatable bonds is 3. The van der Waals surface area contributed by atoms with Gasteiger partial charge in [-0.2, -0.15) is 14.6 Å². The van der Waals surface area contributed by atoms with Gasteiger partial charge in [0.25, 0.3) is 0 Å². The summed E-state index contributed by atoms with van der Waals surface area (Å²) in [5, 5.41) is 4.47. The van der Waals surface area contributed by atoms with Crippen molar-refractivity contribution in [1.82, 2.24) is 19.6 Å². The summed E-state index contributed by atoms with van der Waals surface area (Å²) in [4.78, 5) is 8.69. The van der Waals surface area contributed by atoms with E-state index in [0.29, 0.717) is 17.2 Å². The number of nitrogens with two attached hydrogens (primary N) is 1. The second kappa shape index (κ2) is 5.00. The van der Waals surface area contributed by atoms with Gasteiger partial charge in [-0.25, -0.2) is 4.98 Å². The number of nitrogen functional groups attached to an aromatic ring is 1. The molecule has 0 unspecified atom stereocenters. The number of furan rings is 1. The van der Waals surface area contributed by atoms with Gasteiger partial charge < -0.3 is 10.2 Å². The lowest BCUT2D eigenvalue weighted by Gasteiger charge is -2.00. The Labute approximate surface area is 126 Å². The highest BCUT2D eigenvalue weighted by molar-refractivity contribution is 5.55. The van der Waals surface area contributed by atoms with Gasteiger partial charge in [0.2, 0.25) is 11.8 Å². The van der Waals surface area contributed by atoms with E-state index in [9.17, 15) is 0 Å². The molecule has 2 N–H and O–H groups in total. The average molecular weight is 291 g/mol. The lowest BCUT2D eigenvalue weighted by Crippen LogP contribution is -2.05. The molecule has 6 nitrogen and oxygen atoms in total. The van der Waals surface area contributed by atoms with E-state index < -0.39 is 0 Å². The quantitative estimate of drug-likeness (QED) is 0.627. The van der Waals surface area contributed by atoms with Gasteiger partial charge in [0.1, 0.15) is 0 Å². The Bertz CT molecular complexity index is 913. The first-order valence-corrected chi connectivity index (χ1v) is 6.89. The van der Waals surface area contributed by atoms with Crippen LogP contribution in [0.3, 0.4) is 0 Å². The maximum absolute atomic E-state index is 5.98. The van der Waals surface area contributed by atoms with Gasteiger partial charge in [-0.15, -0.1) is 0 Å². The zero-order valence-corrected chi connectivity index (χ0v) is 11.7. The smallest absolute Gasteiger partial charge is 0.225 e. The van der Waals surface area contributed by atoms with Crippen LogP contribution in [0.25, 0.3) is 17.2 Å². The van der Waals surface area contributed by atoms with Crippen molar-refractivity contribution in [3.05, 3.63) is 66.1 Å². The van der Waals surface area contributed by atoms with E-state index in [4.69, 9.17) is 10.2 Å². The highest BCUT2D eigenvalue weighted by atomic mass is 16.3. The summed E-state index contributed by atoms with van der Waals surface area (Å²) in [7, 11) is 0. The van der Waals surface area contributed by atoms with Crippen LogP contribution in [-0.4, -0.2) is 19.6 Å². The molecule has 4 aromatic rings. The average Bonchev–Trinajstić information content (AvgIpc) is 3.17. The van der Waals surface area contributed by atoms with Crippen molar-refractivity contribution in [3.63, 3.8) is 0 Å². The molecule has 0 saturated carbocycles. The van der Waals surface area contributed by atoms with Crippen molar-refractivity contribution < 1.29 is 4.42 Å². The number of fused-ring (bicyclic) bond motifs is 1. The van der Waals surface area contributed by atoms with Gasteiger partial charge in [-0.3, -0.25) is 0 Å². The molecule has 0 saturated heterocycles. The summed E-state index contributed by atoms with van der Waals surface area (Å²) < 4.78 is 6.86. The number of benzene rings is 1. The van der Waals surface area contributed by atoms with Crippen LogP contribution in [0.1, 0.15) is 11.3 Å². The maximum Gasteiger partial charge on any atom is 0.225 e. The van der Waals surface area contributed by atoms with E-state index in [1.54, 1.807) is 22.9 Å². The molecule has 0 aliphatic heterocycles. The predicted molar refractivity (Wildman–Crippen MR) is 82.1 cm³/mol. The van der Waals surface area contributed by atoms with Crippen molar-refractivity contribution in [2.24, 2.45) is 0 Å². The third-order valence-electron chi connectivity index (χ3n) is 3.37. The number of hydrogen-bond acceptors (Lipinski definition) is 5. The topological polar surface area (TPSA) is 82.2 Å². The molecule has 0 fully saturated rings. The Hall–Kier alpha value is -3.15. The van der Waals surface area contributed by atoms with Crippen LogP contribution in [0.4, 0.5) is 5.95 Å². The second-order valence-corrected chi connectivity index (χ2v) is 4.95. The fraction of sp³-hybridized carbons (Fsp3) is 0.0625. The predicted octanol–water partition coefficient (Wildman–Crippen LogP) is 2.56. The molecule has 0 aliphatic rings. The molecular weight excluding hydrogens is 278 g/mol. The summed E-state index contributed by atoms with van der Waals surface area (Å²) in [6.45, 7) is 0. The van der Waals surface area contributed by atoms with Crippen LogP contribution in [0.5, 0.6) is 0 Å². The number of nitrogens with zero attached hydrogens (tertiary/aromatic N) is 4. The van der Waals surface area contributed by atoms with Crippen molar-refractivity contribution in [3.8, 4) is 11.6 Å². The SMILES string of the molecule is Nc1nc(-c2ccco2)nc2cc(Cc3ccccc3)nn12. The third-order valence-corrected chi connectivity index (χ3v) is 3.37. The highest BCUT2D eigenvalue weighted by Crippen LogP contribution is 2.19. The van der Waals surface area contributed by atoms with E-state index in [2.05, 4.69) is 27.2 Å². The van der Waals surface area contributed by atoms with Crippen molar-refractivity contribution in [1.29, 1.82) is 0 Å². The summed E-state index contributed by atoms with van der Waals surface area (Å²) in [5.41, 5.74) is 8.71. The van der Waals surface area contributed by atoms with Gasteiger partial charge in [0.05, 0.1) is 12.0 Å². The molecule has 0 atom stereocenters. The minimum Gasteiger partial charge on any atom is -0.461 e. The van der Waals surface area contributed by atoms with E-state index in [0.717, 1.165) is 12.1 Å². The van der Waals surface area contributed by atoms with Gasteiger partial charge in [0, 0.05) is 12.5 Å². The van der Waals surface area contributed by atoms with Gasteiger partial charge in [0.15, 0.2) is 11.4 Å². The molecule has 4 rings (SSSR count). The van der Waals surface area contributed by atoms with Crippen LogP contribution < -0.4 is 5.73 Å². The standard InChI is InChI=1S/C16H13N5O/c17-16-19-15(13-7-4-8-22-13)18-14-10-12(20-21(14)16)9-11-5-2-1-3-6-11/h1-8,10H,9H2,(H2,17,18,19). The first-order chi connectivity index (χ1) is 10.8. The summed E-state index contributed by atoms with van der Waals surface area (Å²) in [5.74, 6) is 1.33. The lowest BCUT2D eigenvalue weighted by atomic mass is 10.1. The van der Waals surface area contributed by atoms with Crippen LogP contribution >= 0.6 is 0 Å². The Balaban J connectivity index is 1.76. The molecule has 0 spiro atoms. The molecule has 3 heterocycles. The molecule has 108 valence electrons. The molecule has 6 heteroatoms. The largest absolute Gasteiger partial charge is 0.461 e.